The van der Waals surface area contributed by atoms with Crippen LogP contribution in [0.25, 0.3) is 0 Å². The maximum absolute atomic E-state index is 13.8. The van der Waals surface area contributed by atoms with Crippen LogP contribution in [0.5, 0.6) is 11.5 Å². The smallest absolute Gasteiger partial charge is 0.272 e. The molecule has 6 heteroatoms. The maximum Gasteiger partial charge on any atom is 0.272 e. The molecule has 5 nitrogen and oxygen atoms in total. The Morgan fingerprint density at radius 1 is 1.27 bits per heavy atom. The van der Waals surface area contributed by atoms with Crippen molar-refractivity contribution in [3.05, 3.63) is 63.5 Å². The molecule has 0 N–H and O–H groups in total. The fourth-order valence-electron chi connectivity index (χ4n) is 2.00. The molecule has 0 aliphatic carbocycles. The Kier molecular flexibility index (Phi) is 4.37. The van der Waals surface area contributed by atoms with Gasteiger partial charge in [-0.3, -0.25) is 10.1 Å². The van der Waals surface area contributed by atoms with Crippen molar-refractivity contribution in [3.63, 3.8) is 0 Å². The summed E-state index contributed by atoms with van der Waals surface area (Å²) < 4.78 is 19.2. The number of non-ortho nitro benzene ring substituents is 1. The SMILES string of the molecule is CC(C)c1cc(Oc2ccc([N+](=O)[O-])cc2F)ccc1C#N. The van der Waals surface area contributed by atoms with E-state index in [9.17, 15) is 14.5 Å². The number of nitrogens with zero attached hydrogens (tertiary/aromatic N) is 2. The molecule has 2 aromatic carbocycles. The van der Waals surface area contributed by atoms with Crippen LogP contribution >= 0.6 is 0 Å². The zero-order chi connectivity index (χ0) is 16.3. The minimum Gasteiger partial charge on any atom is -0.454 e. The predicted molar refractivity (Wildman–Crippen MR) is 78.4 cm³/mol. The second-order valence-electron chi connectivity index (χ2n) is 4.99. The molecule has 0 bridgehead atoms. The number of nitro benzene ring substituents is 1. The molecule has 112 valence electrons. The molecule has 0 saturated carbocycles. The third kappa shape index (κ3) is 3.20. The van der Waals surface area contributed by atoms with Gasteiger partial charge in [0.25, 0.3) is 5.69 Å². The lowest BCUT2D eigenvalue weighted by molar-refractivity contribution is -0.385. The summed E-state index contributed by atoms with van der Waals surface area (Å²) in [5, 5.41) is 19.6. The lowest BCUT2D eigenvalue weighted by Gasteiger charge is -2.12. The lowest BCUT2D eigenvalue weighted by Crippen LogP contribution is -1.96. The zero-order valence-electron chi connectivity index (χ0n) is 12.0. The number of nitriles is 1. The highest BCUT2D eigenvalue weighted by atomic mass is 19.1. The molecule has 0 radical (unpaired) electrons. The van der Waals surface area contributed by atoms with E-state index in [1.54, 1.807) is 18.2 Å². The van der Waals surface area contributed by atoms with Crippen LogP contribution in [0, 0.1) is 27.3 Å². The minimum absolute atomic E-state index is 0.106. The van der Waals surface area contributed by atoms with Crippen LogP contribution in [0.3, 0.4) is 0 Å². The molecule has 0 saturated heterocycles. The molecule has 2 rings (SSSR count). The molecule has 0 atom stereocenters. The van der Waals surface area contributed by atoms with Gasteiger partial charge in [0.2, 0.25) is 0 Å². The van der Waals surface area contributed by atoms with Gasteiger partial charge in [-0.1, -0.05) is 13.8 Å². The first-order valence-corrected chi connectivity index (χ1v) is 6.58. The largest absolute Gasteiger partial charge is 0.454 e. The average molecular weight is 300 g/mol. The molecule has 0 aromatic heterocycles. The molecular formula is C16H13FN2O3. The summed E-state index contributed by atoms with van der Waals surface area (Å²) in [5.41, 5.74) is 0.987. The highest BCUT2D eigenvalue weighted by Gasteiger charge is 2.14. The molecule has 0 aliphatic heterocycles. The van der Waals surface area contributed by atoms with Crippen molar-refractivity contribution in [3.8, 4) is 17.6 Å². The average Bonchev–Trinajstić information content (AvgIpc) is 2.48. The van der Waals surface area contributed by atoms with E-state index in [0.717, 1.165) is 11.6 Å². The second-order valence-corrected chi connectivity index (χ2v) is 4.99. The van der Waals surface area contributed by atoms with Gasteiger partial charge in [0.05, 0.1) is 22.6 Å². The highest BCUT2D eigenvalue weighted by molar-refractivity contribution is 5.46. The zero-order valence-corrected chi connectivity index (χ0v) is 12.0. The van der Waals surface area contributed by atoms with Gasteiger partial charge in [-0.15, -0.1) is 0 Å². The van der Waals surface area contributed by atoms with Gasteiger partial charge in [0.15, 0.2) is 11.6 Å². The summed E-state index contributed by atoms with van der Waals surface area (Å²) in [6.07, 6.45) is 0. The highest BCUT2D eigenvalue weighted by Crippen LogP contribution is 2.30. The fourth-order valence-corrected chi connectivity index (χ4v) is 2.00. The Bertz CT molecular complexity index is 766. The number of hydrogen-bond donors (Lipinski definition) is 0. The summed E-state index contributed by atoms with van der Waals surface area (Å²) in [4.78, 5) is 9.91. The molecule has 0 spiro atoms. The van der Waals surface area contributed by atoms with E-state index in [-0.39, 0.29) is 17.4 Å². The predicted octanol–water partition coefficient (Wildman–Crippen LogP) is 4.52. The third-order valence-electron chi connectivity index (χ3n) is 3.12. The second kappa shape index (κ2) is 6.22. The van der Waals surface area contributed by atoms with Crippen molar-refractivity contribution in [1.82, 2.24) is 0 Å². The number of halogens is 1. The van der Waals surface area contributed by atoms with Gasteiger partial charge in [-0.2, -0.15) is 5.26 Å². The standard InChI is InChI=1S/C16H13FN2O3/c1-10(2)14-8-13(5-3-11(14)9-18)22-16-6-4-12(19(20)21)7-15(16)17/h3-8,10H,1-2H3. The van der Waals surface area contributed by atoms with Crippen LogP contribution in [-0.4, -0.2) is 4.92 Å². The van der Waals surface area contributed by atoms with Gasteiger partial charge in [0.1, 0.15) is 5.75 Å². The monoisotopic (exact) mass is 300 g/mol. The first-order chi connectivity index (χ1) is 10.4. The Morgan fingerprint density at radius 2 is 2.00 bits per heavy atom. The lowest BCUT2D eigenvalue weighted by atomic mass is 9.98. The normalized spacial score (nSPS) is 10.3. The maximum atomic E-state index is 13.8. The summed E-state index contributed by atoms with van der Waals surface area (Å²) in [6, 6.07) is 10.1. The number of hydrogen-bond acceptors (Lipinski definition) is 4. The van der Waals surface area contributed by atoms with E-state index in [2.05, 4.69) is 6.07 Å². The van der Waals surface area contributed by atoms with Crippen molar-refractivity contribution >= 4 is 5.69 Å². The van der Waals surface area contributed by atoms with Crippen LogP contribution in [-0.2, 0) is 0 Å². The van der Waals surface area contributed by atoms with Gasteiger partial charge in [0, 0.05) is 6.07 Å². The van der Waals surface area contributed by atoms with Gasteiger partial charge < -0.3 is 4.74 Å². The van der Waals surface area contributed by atoms with Crippen molar-refractivity contribution < 1.29 is 14.1 Å². The molecule has 0 unspecified atom stereocenters. The number of nitro groups is 1. The van der Waals surface area contributed by atoms with Gasteiger partial charge in [-0.05, 0) is 35.7 Å². The molecular weight excluding hydrogens is 287 g/mol. The van der Waals surface area contributed by atoms with Crippen molar-refractivity contribution in [2.45, 2.75) is 19.8 Å². The van der Waals surface area contributed by atoms with Crippen LogP contribution in [0.1, 0.15) is 30.9 Å². The Morgan fingerprint density at radius 3 is 2.55 bits per heavy atom. The molecule has 0 aliphatic rings. The van der Waals surface area contributed by atoms with E-state index in [1.165, 1.54) is 12.1 Å². The van der Waals surface area contributed by atoms with E-state index in [4.69, 9.17) is 10.00 Å². The number of benzene rings is 2. The van der Waals surface area contributed by atoms with E-state index in [0.29, 0.717) is 11.3 Å². The van der Waals surface area contributed by atoms with Gasteiger partial charge in [-0.25, -0.2) is 4.39 Å². The van der Waals surface area contributed by atoms with E-state index < -0.39 is 10.7 Å². The Hall–Kier alpha value is -2.94. The summed E-state index contributed by atoms with van der Waals surface area (Å²) in [6.45, 7) is 3.87. The third-order valence-corrected chi connectivity index (χ3v) is 3.12. The number of rotatable bonds is 4. The van der Waals surface area contributed by atoms with E-state index in [1.807, 2.05) is 13.8 Å². The fraction of sp³-hybridized carbons (Fsp3) is 0.188. The molecule has 2 aromatic rings. The first-order valence-electron chi connectivity index (χ1n) is 6.58. The van der Waals surface area contributed by atoms with E-state index >= 15 is 0 Å². The summed E-state index contributed by atoms with van der Waals surface area (Å²) >= 11 is 0. The number of ether oxygens (including phenoxy) is 1. The molecule has 22 heavy (non-hydrogen) atoms. The van der Waals surface area contributed by atoms with Crippen LogP contribution in [0.2, 0.25) is 0 Å². The quantitative estimate of drug-likeness (QED) is 0.614. The minimum atomic E-state index is -0.815. The molecule has 0 heterocycles. The Balaban J connectivity index is 2.34. The first kappa shape index (κ1) is 15.4. The van der Waals surface area contributed by atoms with Gasteiger partial charge >= 0.3 is 0 Å². The van der Waals surface area contributed by atoms with Crippen LogP contribution in [0.4, 0.5) is 10.1 Å². The Labute approximate surface area is 126 Å². The van der Waals surface area contributed by atoms with Crippen LogP contribution in [0.15, 0.2) is 36.4 Å². The van der Waals surface area contributed by atoms with Crippen molar-refractivity contribution in [2.75, 3.05) is 0 Å². The summed E-state index contributed by atoms with van der Waals surface area (Å²) in [5.74, 6) is -0.440. The molecule has 0 fully saturated rings. The van der Waals surface area contributed by atoms with Crippen molar-refractivity contribution in [2.24, 2.45) is 0 Å². The topological polar surface area (TPSA) is 76.2 Å². The van der Waals surface area contributed by atoms with Crippen LogP contribution < -0.4 is 4.74 Å². The summed E-state index contributed by atoms with van der Waals surface area (Å²) in [7, 11) is 0. The van der Waals surface area contributed by atoms with Crippen molar-refractivity contribution in [1.29, 1.82) is 5.26 Å². The molecule has 0 amide bonds.